The average molecular weight is 903 g/mol. The Kier molecular flexibility index (Phi) is 15.3. The van der Waals surface area contributed by atoms with Gasteiger partial charge in [-0.3, -0.25) is 9.36 Å². The Morgan fingerprint density at radius 2 is 0.921 bits per heavy atom. The van der Waals surface area contributed by atoms with Gasteiger partial charge in [0.15, 0.2) is 10.1 Å². The molecule has 0 bridgehead atoms. The molecule has 6 aromatic rings. The molecule has 1 aliphatic heterocycles. The SMILES string of the molecule is COc1ccc(CN(Cc2ccc(OC)cc2)S(=O)(=O)c2cc(C3(O)CCOCC3)n(C)n2)cc1.COc1ccc(CN(Cc2ccc(OC)cc2)S(=O)(=O)c2ccn(C)n2)cc1. The van der Waals surface area contributed by atoms with Crippen LogP contribution >= 0.6 is 0 Å². The molecule has 7 rings (SSSR count). The van der Waals surface area contributed by atoms with Gasteiger partial charge >= 0.3 is 0 Å². The molecule has 2 aromatic heterocycles. The average Bonchev–Trinajstić information content (AvgIpc) is 3.94. The van der Waals surface area contributed by atoms with Crippen molar-refractivity contribution in [2.45, 2.75) is 54.7 Å². The number of hydrogen-bond donors (Lipinski definition) is 1. The molecule has 336 valence electrons. The van der Waals surface area contributed by atoms with Crippen molar-refractivity contribution in [2.75, 3.05) is 41.7 Å². The van der Waals surface area contributed by atoms with Gasteiger partial charge in [-0.15, -0.1) is 0 Å². The van der Waals surface area contributed by atoms with E-state index in [9.17, 15) is 21.9 Å². The van der Waals surface area contributed by atoms with Crippen molar-refractivity contribution in [3.05, 3.63) is 143 Å². The third-order valence-electron chi connectivity index (χ3n) is 10.6. The van der Waals surface area contributed by atoms with Gasteiger partial charge in [0.05, 0.1) is 34.1 Å². The van der Waals surface area contributed by atoms with Crippen LogP contribution in [0.4, 0.5) is 0 Å². The molecular weight excluding hydrogens is 849 g/mol. The fourth-order valence-corrected chi connectivity index (χ4v) is 9.71. The number of aryl methyl sites for hydroxylation is 2. The lowest BCUT2D eigenvalue weighted by Gasteiger charge is -2.31. The second kappa shape index (κ2) is 20.6. The van der Waals surface area contributed by atoms with Gasteiger partial charge in [0.25, 0.3) is 20.0 Å². The first-order chi connectivity index (χ1) is 30.2. The van der Waals surface area contributed by atoms with E-state index in [0.29, 0.717) is 43.2 Å². The van der Waals surface area contributed by atoms with Crippen molar-refractivity contribution in [2.24, 2.45) is 14.1 Å². The van der Waals surface area contributed by atoms with E-state index < -0.39 is 25.6 Å². The van der Waals surface area contributed by atoms with Crippen LogP contribution in [0.1, 0.15) is 40.8 Å². The summed E-state index contributed by atoms with van der Waals surface area (Å²) in [7, 11) is 1.93. The molecular formula is C45H54N6O10S2. The number of hydrogen-bond acceptors (Lipinski definition) is 12. The molecule has 0 unspecified atom stereocenters. The van der Waals surface area contributed by atoms with E-state index >= 15 is 0 Å². The molecule has 0 aliphatic carbocycles. The van der Waals surface area contributed by atoms with Gasteiger partial charge in [-0.1, -0.05) is 48.5 Å². The van der Waals surface area contributed by atoms with Crippen LogP contribution in [-0.4, -0.2) is 91.8 Å². The molecule has 1 aliphatic rings. The molecule has 0 saturated carbocycles. The Morgan fingerprint density at radius 3 is 1.24 bits per heavy atom. The summed E-state index contributed by atoms with van der Waals surface area (Å²) in [5.41, 5.74) is 2.62. The fourth-order valence-electron chi connectivity index (χ4n) is 6.95. The molecule has 0 amide bonds. The van der Waals surface area contributed by atoms with Crippen LogP contribution in [0.3, 0.4) is 0 Å². The monoisotopic (exact) mass is 902 g/mol. The van der Waals surface area contributed by atoms with E-state index in [1.165, 1.54) is 30.1 Å². The highest BCUT2D eigenvalue weighted by molar-refractivity contribution is 7.89. The van der Waals surface area contributed by atoms with Crippen LogP contribution in [0.5, 0.6) is 23.0 Å². The molecule has 0 radical (unpaired) electrons. The number of benzene rings is 4. The Morgan fingerprint density at radius 1 is 0.571 bits per heavy atom. The third-order valence-corrected chi connectivity index (χ3v) is 14.0. The molecule has 16 nitrogen and oxygen atoms in total. The molecule has 4 aromatic carbocycles. The van der Waals surface area contributed by atoms with Crippen LogP contribution in [-0.2, 0) is 70.7 Å². The lowest BCUT2D eigenvalue weighted by molar-refractivity contribution is -0.0725. The molecule has 18 heteroatoms. The standard InChI is InChI=1S/C25H31N3O6S.C20H23N3O4S/c1-27-23(25(29)12-14-34-15-13-25)16-24(26-27)35(30,31)28(17-19-4-8-21(32-2)9-5-19)18-20-6-10-22(33-3)11-7-20;1-22-13-12-20(21-22)28(24,25)23(14-16-4-8-18(26-2)9-5-16)15-17-6-10-19(27-3)11-7-17/h4-11,16,29H,12-15,17-18H2,1-3H3;4-13H,14-15H2,1-3H3. The van der Waals surface area contributed by atoms with Crippen LogP contribution in [0.25, 0.3) is 0 Å². The van der Waals surface area contributed by atoms with Crippen molar-refractivity contribution < 1.29 is 45.6 Å². The van der Waals surface area contributed by atoms with Gasteiger partial charge in [-0.25, -0.2) is 16.8 Å². The number of sulfonamides is 2. The highest BCUT2D eigenvalue weighted by Crippen LogP contribution is 2.34. The molecule has 3 heterocycles. The highest BCUT2D eigenvalue weighted by atomic mass is 32.2. The van der Waals surface area contributed by atoms with E-state index in [4.69, 9.17) is 23.7 Å². The number of methoxy groups -OCH3 is 4. The number of rotatable bonds is 17. The predicted molar refractivity (Wildman–Crippen MR) is 235 cm³/mol. The topological polar surface area (TPSA) is 177 Å². The van der Waals surface area contributed by atoms with Crippen molar-refractivity contribution >= 4 is 20.0 Å². The van der Waals surface area contributed by atoms with Gasteiger partial charge in [0.2, 0.25) is 0 Å². The van der Waals surface area contributed by atoms with Gasteiger partial charge in [-0.2, -0.15) is 18.8 Å². The van der Waals surface area contributed by atoms with E-state index in [1.54, 1.807) is 73.0 Å². The Balaban J connectivity index is 0.000000215. The summed E-state index contributed by atoms with van der Waals surface area (Å²) >= 11 is 0. The summed E-state index contributed by atoms with van der Waals surface area (Å²) in [4.78, 5) is 0. The summed E-state index contributed by atoms with van der Waals surface area (Å²) in [6, 6.07) is 32.2. The Hall–Kier alpha value is -5.76. The second-order valence-electron chi connectivity index (χ2n) is 14.9. The zero-order valence-corrected chi connectivity index (χ0v) is 37.9. The van der Waals surface area contributed by atoms with Gasteiger partial charge < -0.3 is 28.8 Å². The lowest BCUT2D eigenvalue weighted by atomic mass is 9.91. The lowest BCUT2D eigenvalue weighted by Crippen LogP contribution is -2.35. The summed E-state index contributed by atoms with van der Waals surface area (Å²) in [6.45, 7) is 1.53. The largest absolute Gasteiger partial charge is 0.497 e. The van der Waals surface area contributed by atoms with Crippen molar-refractivity contribution in [1.29, 1.82) is 0 Å². The number of nitrogens with zero attached hydrogens (tertiary/aromatic N) is 6. The van der Waals surface area contributed by atoms with Gasteiger partial charge in [-0.05, 0) is 76.9 Å². The quantitative estimate of drug-likeness (QED) is 0.119. The summed E-state index contributed by atoms with van der Waals surface area (Å²) in [5.74, 6) is 2.82. The maximum Gasteiger partial charge on any atom is 0.263 e. The van der Waals surface area contributed by atoms with Crippen molar-refractivity contribution in [3.63, 3.8) is 0 Å². The van der Waals surface area contributed by atoms with E-state index in [2.05, 4.69) is 10.2 Å². The number of aromatic nitrogens is 4. The first-order valence-corrected chi connectivity index (χ1v) is 22.9. The zero-order valence-electron chi connectivity index (χ0n) is 36.2. The second-order valence-corrected chi connectivity index (χ2v) is 18.7. The van der Waals surface area contributed by atoms with E-state index in [1.807, 2.05) is 72.8 Å². The normalized spacial score (nSPS) is 13.9. The molecule has 1 saturated heterocycles. The van der Waals surface area contributed by atoms with E-state index in [-0.39, 0.29) is 36.2 Å². The van der Waals surface area contributed by atoms with Crippen LogP contribution in [0, 0.1) is 0 Å². The summed E-state index contributed by atoms with van der Waals surface area (Å²) < 4.78 is 86.0. The zero-order chi connectivity index (χ0) is 45.2. The minimum absolute atomic E-state index is 0.0250. The van der Waals surface area contributed by atoms with Crippen molar-refractivity contribution in [3.8, 4) is 23.0 Å². The van der Waals surface area contributed by atoms with E-state index in [0.717, 1.165) is 33.8 Å². The number of ether oxygens (including phenoxy) is 5. The van der Waals surface area contributed by atoms with Crippen molar-refractivity contribution in [1.82, 2.24) is 28.2 Å². The molecule has 0 spiro atoms. The van der Waals surface area contributed by atoms with Crippen LogP contribution in [0.2, 0.25) is 0 Å². The van der Waals surface area contributed by atoms with Gasteiger partial charge in [0.1, 0.15) is 28.6 Å². The van der Waals surface area contributed by atoms with Gasteiger partial charge in [0, 0.05) is 78.6 Å². The summed E-state index contributed by atoms with van der Waals surface area (Å²) in [5, 5.41) is 19.5. The molecule has 1 fully saturated rings. The minimum atomic E-state index is -4.00. The molecule has 1 N–H and O–H groups in total. The maximum absolute atomic E-state index is 13.8. The first-order valence-electron chi connectivity index (χ1n) is 20.0. The highest BCUT2D eigenvalue weighted by Gasteiger charge is 2.38. The third kappa shape index (κ3) is 11.6. The smallest absolute Gasteiger partial charge is 0.263 e. The maximum atomic E-state index is 13.8. The van der Waals surface area contributed by atoms with Crippen LogP contribution in [0.15, 0.2) is 125 Å². The minimum Gasteiger partial charge on any atom is -0.497 e. The van der Waals surface area contributed by atoms with Crippen LogP contribution < -0.4 is 18.9 Å². The fraction of sp³-hybridized carbons (Fsp3) is 0.333. The molecule has 63 heavy (non-hydrogen) atoms. The molecule has 0 atom stereocenters. The first kappa shape index (κ1) is 46.7. The number of aliphatic hydroxyl groups is 1. The predicted octanol–water partition coefficient (Wildman–Crippen LogP) is 5.65. The Labute approximate surface area is 369 Å². The summed E-state index contributed by atoms with van der Waals surface area (Å²) in [6.07, 6.45) is 2.38. The Bertz CT molecular complexity index is 2510.